The van der Waals surface area contributed by atoms with Gasteiger partial charge in [-0.05, 0) is 36.8 Å². The van der Waals surface area contributed by atoms with Gasteiger partial charge in [0.05, 0.1) is 16.4 Å². The van der Waals surface area contributed by atoms with Crippen LogP contribution < -0.4 is 10.5 Å². The first-order chi connectivity index (χ1) is 13.6. The monoisotopic (exact) mass is 372 g/mol. The fraction of sp³-hybridized carbons (Fsp3) is 0.130. The minimum atomic E-state index is -0.495. The van der Waals surface area contributed by atoms with Crippen molar-refractivity contribution in [3.8, 4) is 5.75 Å². The Balaban J connectivity index is 2.03. The van der Waals surface area contributed by atoms with Crippen LogP contribution in [0.1, 0.15) is 22.8 Å². The summed E-state index contributed by atoms with van der Waals surface area (Å²) in [6, 6.07) is 21.3. The summed E-state index contributed by atoms with van der Waals surface area (Å²) in [4.78, 5) is 23.6. The molecule has 0 aliphatic rings. The van der Waals surface area contributed by atoms with Gasteiger partial charge in [-0.2, -0.15) is 0 Å². The minimum Gasteiger partial charge on any atom is -0.485 e. The molecule has 0 bridgehead atoms. The van der Waals surface area contributed by atoms with Gasteiger partial charge in [0.15, 0.2) is 5.78 Å². The van der Waals surface area contributed by atoms with E-state index in [0.29, 0.717) is 17.9 Å². The quantitative estimate of drug-likeness (QED) is 0.558. The Morgan fingerprint density at radius 3 is 2.25 bits per heavy atom. The summed E-state index contributed by atoms with van der Waals surface area (Å²) in [7, 11) is 0. The number of aromatic nitrogens is 1. The van der Waals surface area contributed by atoms with Crippen LogP contribution >= 0.6 is 0 Å². The van der Waals surface area contributed by atoms with Gasteiger partial charge in [-0.25, -0.2) is 0 Å². The van der Waals surface area contributed by atoms with Gasteiger partial charge in [0.25, 0.3) is 0 Å². The molecule has 4 aromatic rings. The standard InChI is InChI=1S/C23H20N2O3/c1-15(26)14-28-20-12-6-11-19-22(20)21-17(23(24)27)9-5-10-18(21)25(19)13-16-7-3-2-4-8-16/h2-12H,13-14H2,1H3,(H2,24,27). The average molecular weight is 372 g/mol. The first kappa shape index (κ1) is 17.8. The van der Waals surface area contributed by atoms with Gasteiger partial charge >= 0.3 is 0 Å². The van der Waals surface area contributed by atoms with E-state index in [1.54, 1.807) is 6.07 Å². The summed E-state index contributed by atoms with van der Waals surface area (Å²) >= 11 is 0. The summed E-state index contributed by atoms with van der Waals surface area (Å²) in [6.45, 7) is 2.09. The van der Waals surface area contributed by atoms with Crippen LogP contribution in [0.4, 0.5) is 0 Å². The Hall–Kier alpha value is -3.60. The number of benzene rings is 3. The van der Waals surface area contributed by atoms with Crippen molar-refractivity contribution in [2.75, 3.05) is 6.61 Å². The summed E-state index contributed by atoms with van der Waals surface area (Å²) in [5, 5.41) is 1.55. The maximum Gasteiger partial charge on any atom is 0.249 e. The van der Waals surface area contributed by atoms with Gasteiger partial charge in [0, 0.05) is 17.5 Å². The second-order valence-corrected chi connectivity index (χ2v) is 6.78. The van der Waals surface area contributed by atoms with Crippen molar-refractivity contribution in [2.24, 2.45) is 5.73 Å². The van der Waals surface area contributed by atoms with Crippen LogP contribution in [0.2, 0.25) is 0 Å². The van der Waals surface area contributed by atoms with Gasteiger partial charge in [-0.3, -0.25) is 9.59 Å². The fourth-order valence-electron chi connectivity index (χ4n) is 3.59. The summed E-state index contributed by atoms with van der Waals surface area (Å²) in [5.74, 6) is 0.00379. The lowest BCUT2D eigenvalue weighted by Crippen LogP contribution is -2.11. The molecule has 28 heavy (non-hydrogen) atoms. The number of primary amides is 1. The number of carbonyl (C=O) groups is 2. The molecule has 5 heteroatoms. The number of nitrogens with two attached hydrogens (primary N) is 1. The van der Waals surface area contributed by atoms with Gasteiger partial charge < -0.3 is 15.0 Å². The highest BCUT2D eigenvalue weighted by molar-refractivity contribution is 6.19. The van der Waals surface area contributed by atoms with E-state index in [0.717, 1.165) is 27.4 Å². The van der Waals surface area contributed by atoms with Crippen LogP contribution in [0.15, 0.2) is 66.7 Å². The molecular formula is C23H20N2O3. The van der Waals surface area contributed by atoms with Crippen molar-refractivity contribution < 1.29 is 14.3 Å². The Labute approximate surface area is 162 Å². The molecule has 4 rings (SSSR count). The van der Waals surface area contributed by atoms with Crippen molar-refractivity contribution in [1.29, 1.82) is 0 Å². The molecule has 0 spiro atoms. The number of ether oxygens (including phenoxy) is 1. The number of ketones is 1. The Morgan fingerprint density at radius 2 is 1.57 bits per heavy atom. The predicted octanol–water partition coefficient (Wildman–Crippen LogP) is 3.91. The molecule has 0 atom stereocenters. The second kappa shape index (κ2) is 7.19. The molecule has 1 aromatic heterocycles. The summed E-state index contributed by atoms with van der Waals surface area (Å²) in [5.41, 5.74) is 9.06. The van der Waals surface area contributed by atoms with E-state index < -0.39 is 5.91 Å². The fourth-order valence-corrected chi connectivity index (χ4v) is 3.59. The van der Waals surface area contributed by atoms with E-state index in [1.165, 1.54) is 6.92 Å². The van der Waals surface area contributed by atoms with E-state index in [9.17, 15) is 9.59 Å². The average Bonchev–Trinajstić information content (AvgIpc) is 3.01. The zero-order valence-corrected chi connectivity index (χ0v) is 15.5. The number of hydrogen-bond donors (Lipinski definition) is 1. The lowest BCUT2D eigenvalue weighted by molar-refractivity contribution is -0.118. The predicted molar refractivity (Wildman–Crippen MR) is 110 cm³/mol. The lowest BCUT2D eigenvalue weighted by Gasteiger charge is -2.09. The van der Waals surface area contributed by atoms with Crippen LogP contribution in [0.25, 0.3) is 21.8 Å². The van der Waals surface area contributed by atoms with Gasteiger partial charge in [-0.15, -0.1) is 0 Å². The van der Waals surface area contributed by atoms with Crippen molar-refractivity contribution in [3.05, 3.63) is 77.9 Å². The molecule has 0 fully saturated rings. The Kier molecular flexibility index (Phi) is 4.57. The molecule has 0 aliphatic heterocycles. The van der Waals surface area contributed by atoms with Gasteiger partial charge in [-0.1, -0.05) is 42.5 Å². The molecular weight excluding hydrogens is 352 g/mol. The number of fused-ring (bicyclic) bond motifs is 3. The van der Waals surface area contributed by atoms with Gasteiger partial charge in [0.2, 0.25) is 5.91 Å². The van der Waals surface area contributed by atoms with E-state index >= 15 is 0 Å². The molecule has 5 nitrogen and oxygen atoms in total. The van der Waals surface area contributed by atoms with E-state index in [4.69, 9.17) is 10.5 Å². The zero-order chi connectivity index (χ0) is 19.7. The van der Waals surface area contributed by atoms with Crippen molar-refractivity contribution in [3.63, 3.8) is 0 Å². The zero-order valence-electron chi connectivity index (χ0n) is 15.5. The maximum absolute atomic E-state index is 12.1. The van der Waals surface area contributed by atoms with Gasteiger partial charge in [0.1, 0.15) is 12.4 Å². The van der Waals surface area contributed by atoms with Crippen molar-refractivity contribution >= 4 is 33.5 Å². The highest BCUT2D eigenvalue weighted by Gasteiger charge is 2.19. The smallest absolute Gasteiger partial charge is 0.249 e. The number of hydrogen-bond acceptors (Lipinski definition) is 3. The highest BCUT2D eigenvalue weighted by atomic mass is 16.5. The maximum atomic E-state index is 12.1. The number of rotatable bonds is 6. The largest absolute Gasteiger partial charge is 0.485 e. The topological polar surface area (TPSA) is 74.3 Å². The molecule has 2 N–H and O–H groups in total. The minimum absolute atomic E-state index is 0.0246. The van der Waals surface area contributed by atoms with Crippen molar-refractivity contribution in [1.82, 2.24) is 4.57 Å². The van der Waals surface area contributed by atoms with E-state index in [2.05, 4.69) is 16.7 Å². The number of nitrogens with zero attached hydrogens (tertiary/aromatic N) is 1. The highest BCUT2D eigenvalue weighted by Crippen LogP contribution is 2.38. The molecule has 1 heterocycles. The molecule has 0 saturated heterocycles. The van der Waals surface area contributed by atoms with E-state index in [-0.39, 0.29) is 12.4 Å². The third-order valence-corrected chi connectivity index (χ3v) is 4.76. The van der Waals surface area contributed by atoms with Crippen LogP contribution in [0.3, 0.4) is 0 Å². The third-order valence-electron chi connectivity index (χ3n) is 4.76. The molecule has 0 saturated carbocycles. The molecule has 140 valence electrons. The Bertz CT molecular complexity index is 1190. The normalized spacial score (nSPS) is 11.0. The SMILES string of the molecule is CC(=O)COc1cccc2c1c1c(C(N)=O)cccc1n2Cc1ccccc1. The second-order valence-electron chi connectivity index (χ2n) is 6.78. The third kappa shape index (κ3) is 3.11. The first-order valence-electron chi connectivity index (χ1n) is 9.06. The number of Topliss-reactive ketones (excluding diaryl/α,β-unsaturated/α-hetero) is 1. The molecule has 3 aromatic carbocycles. The first-order valence-corrected chi connectivity index (χ1v) is 9.06. The number of amides is 1. The van der Waals surface area contributed by atoms with Crippen LogP contribution in [-0.2, 0) is 11.3 Å². The van der Waals surface area contributed by atoms with Crippen LogP contribution in [-0.4, -0.2) is 22.9 Å². The summed E-state index contributed by atoms with van der Waals surface area (Å²) < 4.78 is 7.92. The molecule has 0 unspecified atom stereocenters. The number of carbonyl (C=O) groups excluding carboxylic acids is 2. The Morgan fingerprint density at radius 1 is 0.893 bits per heavy atom. The van der Waals surface area contributed by atoms with E-state index in [1.807, 2.05) is 48.5 Å². The molecule has 0 aliphatic carbocycles. The molecule has 1 amide bonds. The summed E-state index contributed by atoms with van der Waals surface area (Å²) in [6.07, 6.45) is 0. The molecule has 0 radical (unpaired) electrons. The van der Waals surface area contributed by atoms with Crippen LogP contribution in [0, 0.1) is 0 Å². The lowest BCUT2D eigenvalue weighted by atomic mass is 10.1. The van der Waals surface area contributed by atoms with Crippen LogP contribution in [0.5, 0.6) is 5.75 Å². The van der Waals surface area contributed by atoms with Crippen molar-refractivity contribution in [2.45, 2.75) is 13.5 Å².